The minimum Gasteiger partial charge on any atom is -0.373 e. The molecule has 0 radical (unpaired) electrons. The molecule has 0 aromatic carbocycles. The summed E-state index contributed by atoms with van der Waals surface area (Å²) < 4.78 is 214. The minimum atomic E-state index is -8.07. The summed E-state index contributed by atoms with van der Waals surface area (Å²) in [4.78, 5) is 12.4. The molecule has 0 spiro atoms. The second-order valence-corrected chi connectivity index (χ2v) is 14.5. The minimum absolute atomic E-state index is 0.194. The van der Waals surface area contributed by atoms with Gasteiger partial charge in [-0.15, -0.1) is 0 Å². The van der Waals surface area contributed by atoms with E-state index in [0.29, 0.717) is 13.5 Å². The van der Waals surface area contributed by atoms with Crippen molar-refractivity contribution in [3.05, 3.63) is 0 Å². The van der Waals surface area contributed by atoms with E-state index in [9.17, 15) is 70.3 Å². The molecular weight excluding hydrogens is 709 g/mol. The molecule has 1 unspecified atom stereocenters. The summed E-state index contributed by atoms with van der Waals surface area (Å²) in [5.74, 6) is -40.2. The molecule has 0 aliphatic heterocycles. The fraction of sp³-hybridized carbons (Fsp3) is 0.955. The van der Waals surface area contributed by atoms with Crippen molar-refractivity contribution in [1.29, 1.82) is 0 Å². The number of halogens is 13. The Morgan fingerprint density at radius 1 is 0.761 bits per heavy atom. The van der Waals surface area contributed by atoms with Gasteiger partial charge in [0.2, 0.25) is 10.0 Å². The molecule has 0 fully saturated rings. The molecule has 0 aromatic heterocycles. The van der Waals surface area contributed by atoms with Gasteiger partial charge in [-0.1, -0.05) is 6.92 Å². The molecule has 0 aliphatic rings. The number of urea groups is 1. The van der Waals surface area contributed by atoms with E-state index in [0.717, 1.165) is 0 Å². The van der Waals surface area contributed by atoms with Gasteiger partial charge in [-0.3, -0.25) is 0 Å². The smallest absolute Gasteiger partial charge is 0.373 e. The largest absolute Gasteiger partial charge is 0.524 e. The molecule has 0 heterocycles. The van der Waals surface area contributed by atoms with Gasteiger partial charge in [0.25, 0.3) is 0 Å². The van der Waals surface area contributed by atoms with Gasteiger partial charge in [-0.05, 0) is 33.6 Å². The summed E-state index contributed by atoms with van der Waals surface area (Å²) in [6.45, 7) is 6.43. The third kappa shape index (κ3) is 9.50. The SMILES string of the molecule is CCO[Si](OCC)(OCC)C(CC)NC(=O)NCCCN(C)S(=O)(=O)CCC(F)(F)C(F)(F)C(F)(F)C(F)(F)C(F)(F)C(F)(F)F. The molecular formula is C22H36F13N3O6SSi. The van der Waals surface area contributed by atoms with Crippen LogP contribution in [0.2, 0.25) is 0 Å². The lowest BCUT2D eigenvalue weighted by Gasteiger charge is -2.39. The lowest BCUT2D eigenvalue weighted by Crippen LogP contribution is -2.70. The van der Waals surface area contributed by atoms with Crippen LogP contribution >= 0.6 is 0 Å². The van der Waals surface area contributed by atoms with E-state index in [1.807, 2.05) is 0 Å². The van der Waals surface area contributed by atoms with Crippen molar-refractivity contribution >= 4 is 24.9 Å². The highest BCUT2D eigenvalue weighted by atomic mass is 32.2. The van der Waals surface area contributed by atoms with Crippen molar-refractivity contribution in [2.75, 3.05) is 45.7 Å². The van der Waals surface area contributed by atoms with E-state index < -0.39 is 85.0 Å². The summed E-state index contributed by atoms with van der Waals surface area (Å²) in [5.41, 5.74) is -0.720. The van der Waals surface area contributed by atoms with E-state index in [-0.39, 0.29) is 37.1 Å². The highest BCUT2D eigenvalue weighted by Gasteiger charge is 2.90. The number of rotatable bonds is 21. The maximum Gasteiger partial charge on any atom is 0.524 e. The Balaban J connectivity index is 5.42. The highest BCUT2D eigenvalue weighted by Crippen LogP contribution is 2.60. The fourth-order valence-corrected chi connectivity index (χ4v) is 7.80. The van der Waals surface area contributed by atoms with Crippen LogP contribution in [-0.2, 0) is 23.3 Å². The van der Waals surface area contributed by atoms with Crippen LogP contribution in [0.5, 0.6) is 0 Å². The van der Waals surface area contributed by atoms with Crippen LogP contribution in [0.1, 0.15) is 47.0 Å². The first-order valence-electron chi connectivity index (χ1n) is 13.5. The van der Waals surface area contributed by atoms with Crippen LogP contribution in [0.3, 0.4) is 0 Å². The molecule has 2 amide bonds. The number of alkyl halides is 13. The molecule has 46 heavy (non-hydrogen) atoms. The Morgan fingerprint density at radius 2 is 1.20 bits per heavy atom. The molecule has 276 valence electrons. The van der Waals surface area contributed by atoms with Gasteiger partial charge in [0, 0.05) is 46.4 Å². The molecule has 0 saturated heterocycles. The fourth-order valence-electron chi connectivity index (χ4n) is 3.69. The Kier molecular flexibility index (Phi) is 15.6. The van der Waals surface area contributed by atoms with Crippen LogP contribution in [0.15, 0.2) is 0 Å². The molecule has 24 heteroatoms. The van der Waals surface area contributed by atoms with Gasteiger partial charge < -0.3 is 23.9 Å². The average Bonchev–Trinajstić information content (AvgIpc) is 2.92. The zero-order valence-corrected chi connectivity index (χ0v) is 27.0. The Morgan fingerprint density at radius 3 is 1.59 bits per heavy atom. The maximum atomic E-state index is 14.0. The zero-order chi connectivity index (χ0) is 36.6. The predicted octanol–water partition coefficient (Wildman–Crippen LogP) is 5.43. The molecule has 0 bridgehead atoms. The van der Waals surface area contributed by atoms with Crippen LogP contribution in [0.25, 0.3) is 0 Å². The summed E-state index contributed by atoms with van der Waals surface area (Å²) >= 11 is 0. The van der Waals surface area contributed by atoms with Gasteiger partial charge in [-0.2, -0.15) is 57.1 Å². The first-order valence-corrected chi connectivity index (χ1v) is 16.9. The number of sulfonamides is 1. The summed E-state index contributed by atoms with van der Waals surface area (Å²) in [5, 5.41) is 4.95. The standard InChI is InChI=1S/C22H36F13N3O6SSi/c1-6-15(46(42-7-2,43-8-3)44-9-4)37-16(39)36-12-10-13-38(5)45(40,41)14-11-17(23,24)18(25,26)19(27,28)20(29,30)21(31,32)22(33,34)35/h15H,6-14H2,1-5H3,(H2,36,37,39). The lowest BCUT2D eigenvalue weighted by atomic mass is 9.93. The summed E-state index contributed by atoms with van der Waals surface area (Å²) in [6.07, 6.45) is -10.4. The van der Waals surface area contributed by atoms with Crippen molar-refractivity contribution in [3.8, 4) is 0 Å². The number of carbonyl (C=O) groups is 1. The Labute approximate surface area is 257 Å². The average molecular weight is 746 g/mol. The van der Waals surface area contributed by atoms with E-state index in [2.05, 4.69) is 10.6 Å². The molecule has 0 rings (SSSR count). The Bertz CT molecular complexity index is 1070. The van der Waals surface area contributed by atoms with E-state index >= 15 is 0 Å². The van der Waals surface area contributed by atoms with Gasteiger partial charge in [-0.25, -0.2) is 17.5 Å². The van der Waals surface area contributed by atoms with Crippen LogP contribution < -0.4 is 10.6 Å². The second kappa shape index (κ2) is 16.2. The molecule has 1 atom stereocenters. The number of hydrogen-bond acceptors (Lipinski definition) is 6. The van der Waals surface area contributed by atoms with Crippen molar-refractivity contribution in [2.24, 2.45) is 0 Å². The number of nitrogens with one attached hydrogen (secondary N) is 2. The van der Waals surface area contributed by atoms with Gasteiger partial charge in [0.15, 0.2) is 0 Å². The monoisotopic (exact) mass is 745 g/mol. The lowest BCUT2D eigenvalue weighted by molar-refractivity contribution is -0.439. The van der Waals surface area contributed by atoms with Gasteiger partial charge in [0.05, 0.1) is 5.75 Å². The molecule has 0 saturated carbocycles. The van der Waals surface area contributed by atoms with E-state index in [4.69, 9.17) is 13.3 Å². The van der Waals surface area contributed by atoms with Crippen molar-refractivity contribution < 1.29 is 83.6 Å². The molecule has 9 nitrogen and oxygen atoms in total. The first kappa shape index (κ1) is 44.4. The Hall–Kier alpha value is -1.63. The normalized spacial score (nSPS) is 15.3. The zero-order valence-electron chi connectivity index (χ0n) is 25.2. The molecule has 2 N–H and O–H groups in total. The quantitative estimate of drug-likeness (QED) is 0.0923. The van der Waals surface area contributed by atoms with Gasteiger partial charge >= 0.3 is 50.6 Å². The van der Waals surface area contributed by atoms with Gasteiger partial charge in [0.1, 0.15) is 5.67 Å². The summed E-state index contributed by atoms with van der Waals surface area (Å²) in [6, 6.07) is -0.788. The van der Waals surface area contributed by atoms with E-state index in [1.165, 1.54) is 0 Å². The number of nitrogens with zero attached hydrogens (tertiary/aromatic N) is 1. The van der Waals surface area contributed by atoms with Crippen LogP contribution in [-0.4, -0.2) is 115 Å². The van der Waals surface area contributed by atoms with Crippen LogP contribution in [0, 0.1) is 0 Å². The number of hydrogen-bond donors (Lipinski definition) is 2. The maximum absolute atomic E-state index is 14.0. The highest BCUT2D eigenvalue weighted by molar-refractivity contribution is 7.89. The van der Waals surface area contributed by atoms with E-state index in [1.54, 1.807) is 27.7 Å². The van der Waals surface area contributed by atoms with Crippen molar-refractivity contribution in [2.45, 2.75) is 88.4 Å². The third-order valence-electron chi connectivity index (χ3n) is 6.26. The third-order valence-corrected chi connectivity index (χ3v) is 11.6. The molecule has 0 aromatic rings. The van der Waals surface area contributed by atoms with Crippen molar-refractivity contribution in [3.63, 3.8) is 0 Å². The predicted molar refractivity (Wildman–Crippen MR) is 138 cm³/mol. The topological polar surface area (TPSA) is 106 Å². The number of carbonyl (C=O) groups excluding carboxylic acids is 1. The van der Waals surface area contributed by atoms with Crippen molar-refractivity contribution in [1.82, 2.24) is 14.9 Å². The summed E-state index contributed by atoms with van der Waals surface area (Å²) in [7, 11) is -7.76. The second-order valence-electron chi connectivity index (χ2n) is 9.50. The number of amides is 2. The van der Waals surface area contributed by atoms with Crippen LogP contribution in [0.4, 0.5) is 61.9 Å². The molecule has 0 aliphatic carbocycles. The first-order chi connectivity index (χ1) is 20.6.